The molecule has 0 saturated carbocycles. The van der Waals surface area contributed by atoms with Gasteiger partial charge >= 0.3 is 0 Å². The van der Waals surface area contributed by atoms with E-state index in [1.54, 1.807) is 12.1 Å². The van der Waals surface area contributed by atoms with Gasteiger partial charge in [-0.2, -0.15) is 11.8 Å². The lowest BCUT2D eigenvalue weighted by Crippen LogP contribution is -2.43. The zero-order chi connectivity index (χ0) is 18.8. The average molecular weight is 397 g/mol. The lowest BCUT2D eigenvalue weighted by atomic mass is 9.87. The zero-order valence-electron chi connectivity index (χ0n) is 16.2. The third-order valence-electron chi connectivity index (χ3n) is 5.66. The summed E-state index contributed by atoms with van der Waals surface area (Å²) in [5.74, 6) is 3.00. The highest BCUT2D eigenvalue weighted by molar-refractivity contribution is 7.99. The lowest BCUT2D eigenvalue weighted by molar-refractivity contribution is 0.145. The summed E-state index contributed by atoms with van der Waals surface area (Å²) in [6.07, 6.45) is 3.49. The molecule has 1 aromatic rings. The molecule has 2 aliphatic rings. The molecule has 4 nitrogen and oxygen atoms in total. The smallest absolute Gasteiger partial charge is 0.240 e. The minimum absolute atomic E-state index is 0.0293. The molecule has 0 spiro atoms. The number of nitrogens with one attached hydrogen (secondary N) is 1. The van der Waals surface area contributed by atoms with E-state index >= 15 is 0 Å². The van der Waals surface area contributed by atoms with Crippen LogP contribution >= 0.6 is 11.8 Å². The van der Waals surface area contributed by atoms with E-state index in [1.165, 1.54) is 17.9 Å². The number of benzene rings is 1. The largest absolute Gasteiger partial charge is 0.300 e. The van der Waals surface area contributed by atoms with Crippen LogP contribution in [0.3, 0.4) is 0 Å². The number of rotatable bonds is 5. The Morgan fingerprint density at radius 1 is 1.12 bits per heavy atom. The van der Waals surface area contributed by atoms with Crippen LogP contribution < -0.4 is 4.72 Å². The molecule has 0 unspecified atom stereocenters. The lowest BCUT2D eigenvalue weighted by Gasteiger charge is -2.35. The van der Waals surface area contributed by atoms with Crippen molar-refractivity contribution in [1.29, 1.82) is 0 Å². The fraction of sp³-hybridized carbons (Fsp3) is 0.700. The summed E-state index contributed by atoms with van der Waals surface area (Å²) in [6, 6.07) is 8.05. The molecule has 0 aliphatic carbocycles. The molecule has 2 aliphatic heterocycles. The van der Waals surface area contributed by atoms with Crippen molar-refractivity contribution >= 4 is 21.8 Å². The van der Waals surface area contributed by atoms with Gasteiger partial charge in [-0.25, -0.2) is 13.1 Å². The molecule has 146 valence electrons. The maximum Gasteiger partial charge on any atom is 0.240 e. The standard InChI is InChI=1S/C20H32N2O2S2/c1-20(2,3)17-4-6-19(7-5-17)26(23,24)21-14-16-8-11-22(12-9-16)18-10-13-25-15-18/h4-7,16,18,21H,8-15H2,1-3H3/t18-/m0/s1. The molecule has 1 N–H and O–H groups in total. The van der Waals surface area contributed by atoms with Gasteiger partial charge in [0.25, 0.3) is 0 Å². The van der Waals surface area contributed by atoms with Crippen molar-refractivity contribution in [3.05, 3.63) is 29.8 Å². The van der Waals surface area contributed by atoms with Gasteiger partial charge in [0.05, 0.1) is 4.90 Å². The van der Waals surface area contributed by atoms with E-state index in [9.17, 15) is 8.42 Å². The second-order valence-corrected chi connectivity index (χ2v) is 11.5. The number of thioether (sulfide) groups is 1. The monoisotopic (exact) mass is 396 g/mol. The van der Waals surface area contributed by atoms with Crippen LogP contribution in [0.4, 0.5) is 0 Å². The third-order valence-corrected chi connectivity index (χ3v) is 8.25. The van der Waals surface area contributed by atoms with Gasteiger partial charge in [-0.1, -0.05) is 32.9 Å². The molecule has 1 aromatic carbocycles. The Labute approximate surface area is 163 Å². The molecule has 3 rings (SSSR count). The molecular weight excluding hydrogens is 364 g/mol. The second-order valence-electron chi connectivity index (χ2n) is 8.62. The molecular formula is C20H32N2O2S2. The number of hydrogen-bond donors (Lipinski definition) is 1. The first-order chi connectivity index (χ1) is 12.3. The zero-order valence-corrected chi connectivity index (χ0v) is 17.8. The topological polar surface area (TPSA) is 49.4 Å². The van der Waals surface area contributed by atoms with Crippen molar-refractivity contribution in [3.8, 4) is 0 Å². The molecule has 0 radical (unpaired) electrons. The van der Waals surface area contributed by atoms with Crippen molar-refractivity contribution in [3.63, 3.8) is 0 Å². The summed E-state index contributed by atoms with van der Waals surface area (Å²) in [7, 11) is -3.42. The Hall–Kier alpha value is -0.560. The number of likely N-dealkylation sites (tertiary alicyclic amines) is 1. The van der Waals surface area contributed by atoms with Gasteiger partial charge in [-0.05, 0) is 67.1 Å². The maximum absolute atomic E-state index is 12.6. The summed E-state index contributed by atoms with van der Waals surface area (Å²) in [5, 5.41) is 0. The maximum atomic E-state index is 12.6. The highest BCUT2D eigenvalue weighted by atomic mass is 32.2. The number of piperidine rings is 1. The Balaban J connectivity index is 1.51. The molecule has 6 heteroatoms. The van der Waals surface area contributed by atoms with Crippen molar-refractivity contribution in [2.45, 2.75) is 56.4 Å². The minimum atomic E-state index is -3.42. The van der Waals surface area contributed by atoms with Crippen LogP contribution in [0.25, 0.3) is 0 Å². The van der Waals surface area contributed by atoms with E-state index in [2.05, 4.69) is 42.2 Å². The van der Waals surface area contributed by atoms with Crippen LogP contribution in [-0.2, 0) is 15.4 Å². The van der Waals surface area contributed by atoms with E-state index in [1.807, 2.05) is 12.1 Å². The predicted molar refractivity (Wildman–Crippen MR) is 110 cm³/mol. The number of sulfonamides is 1. The molecule has 0 aromatic heterocycles. The van der Waals surface area contributed by atoms with Crippen LogP contribution in [-0.4, -0.2) is 50.5 Å². The van der Waals surface area contributed by atoms with Crippen molar-refractivity contribution in [1.82, 2.24) is 9.62 Å². The quantitative estimate of drug-likeness (QED) is 0.828. The Morgan fingerprint density at radius 3 is 2.31 bits per heavy atom. The SMILES string of the molecule is CC(C)(C)c1ccc(S(=O)(=O)NCC2CCN([C@H]3CCSC3)CC2)cc1. The molecule has 26 heavy (non-hydrogen) atoms. The van der Waals surface area contributed by atoms with Crippen molar-refractivity contribution in [2.75, 3.05) is 31.1 Å². The molecule has 0 bridgehead atoms. The van der Waals surface area contributed by atoms with E-state index < -0.39 is 10.0 Å². The van der Waals surface area contributed by atoms with Gasteiger partial charge in [-0.15, -0.1) is 0 Å². The first kappa shape index (κ1) is 20.2. The van der Waals surface area contributed by atoms with Crippen LogP contribution in [0.15, 0.2) is 29.2 Å². The first-order valence-electron chi connectivity index (χ1n) is 9.68. The van der Waals surface area contributed by atoms with Crippen LogP contribution in [0.1, 0.15) is 45.6 Å². The third kappa shape index (κ3) is 5.03. The Kier molecular flexibility index (Phi) is 6.37. The van der Waals surface area contributed by atoms with Gasteiger partial charge in [0.1, 0.15) is 0 Å². The molecule has 2 heterocycles. The minimum Gasteiger partial charge on any atom is -0.300 e. The molecule has 2 fully saturated rings. The van der Waals surface area contributed by atoms with Crippen molar-refractivity contribution < 1.29 is 8.42 Å². The van der Waals surface area contributed by atoms with Gasteiger partial charge in [0, 0.05) is 18.3 Å². The van der Waals surface area contributed by atoms with Gasteiger partial charge in [0.2, 0.25) is 10.0 Å². The van der Waals surface area contributed by atoms with Gasteiger partial charge in [0.15, 0.2) is 0 Å². The highest BCUT2D eigenvalue weighted by Gasteiger charge is 2.28. The Bertz CT molecular complexity index is 682. The van der Waals surface area contributed by atoms with Crippen LogP contribution in [0, 0.1) is 5.92 Å². The van der Waals surface area contributed by atoms with E-state index in [0.717, 1.165) is 37.5 Å². The fourth-order valence-corrected chi connectivity index (χ4v) is 6.15. The number of hydrogen-bond acceptors (Lipinski definition) is 4. The molecule has 2 saturated heterocycles. The van der Waals surface area contributed by atoms with Crippen LogP contribution in [0.2, 0.25) is 0 Å². The van der Waals surface area contributed by atoms with Crippen molar-refractivity contribution in [2.24, 2.45) is 5.92 Å². The summed E-state index contributed by atoms with van der Waals surface area (Å²) in [6.45, 7) is 9.16. The summed E-state index contributed by atoms with van der Waals surface area (Å²) >= 11 is 2.06. The van der Waals surface area contributed by atoms with E-state index in [0.29, 0.717) is 17.4 Å². The normalized spacial score (nSPS) is 23.4. The Morgan fingerprint density at radius 2 is 1.77 bits per heavy atom. The molecule has 1 atom stereocenters. The predicted octanol–water partition coefficient (Wildman–Crippen LogP) is 3.48. The van der Waals surface area contributed by atoms with E-state index in [4.69, 9.17) is 0 Å². The summed E-state index contributed by atoms with van der Waals surface area (Å²) < 4.78 is 28.0. The number of nitrogens with zero attached hydrogens (tertiary/aromatic N) is 1. The summed E-state index contributed by atoms with van der Waals surface area (Å²) in [4.78, 5) is 2.97. The van der Waals surface area contributed by atoms with E-state index in [-0.39, 0.29) is 5.41 Å². The second kappa shape index (κ2) is 8.21. The fourth-order valence-electron chi connectivity index (χ4n) is 3.78. The summed E-state index contributed by atoms with van der Waals surface area (Å²) in [5.41, 5.74) is 1.18. The van der Waals surface area contributed by atoms with Gasteiger partial charge < -0.3 is 0 Å². The van der Waals surface area contributed by atoms with Gasteiger partial charge in [-0.3, -0.25) is 4.90 Å². The first-order valence-corrected chi connectivity index (χ1v) is 12.3. The van der Waals surface area contributed by atoms with Crippen LogP contribution in [0.5, 0.6) is 0 Å². The molecule has 0 amide bonds. The average Bonchev–Trinajstić information content (AvgIpc) is 3.14. The highest BCUT2D eigenvalue weighted by Crippen LogP contribution is 2.27.